The van der Waals surface area contributed by atoms with Gasteiger partial charge in [-0.1, -0.05) is 152 Å². The zero-order valence-electron chi connectivity index (χ0n) is 28.5. The SMILES string of the molecule is c1ccc(-c2ccc(N(c3ccc(-c4ccccc4)cc3)c3ccc4ccc5c6ccccc6n(-c6ccc7ccccc7c6)c5c4c3)cc2)cc1. The summed E-state index contributed by atoms with van der Waals surface area (Å²) >= 11 is 0. The molecule has 0 spiro atoms. The molecule has 9 aromatic carbocycles. The van der Waals surface area contributed by atoms with Gasteiger partial charge in [-0.2, -0.15) is 0 Å². The summed E-state index contributed by atoms with van der Waals surface area (Å²) in [5.41, 5.74) is 11.7. The summed E-state index contributed by atoms with van der Waals surface area (Å²) in [5.74, 6) is 0. The van der Waals surface area contributed by atoms with Crippen LogP contribution in [-0.2, 0) is 0 Å². The van der Waals surface area contributed by atoms with Crippen molar-refractivity contribution < 1.29 is 0 Å². The van der Waals surface area contributed by atoms with Crippen molar-refractivity contribution in [2.75, 3.05) is 4.90 Å². The van der Waals surface area contributed by atoms with Gasteiger partial charge in [-0.15, -0.1) is 0 Å². The third-order valence-corrected chi connectivity index (χ3v) is 10.4. The van der Waals surface area contributed by atoms with E-state index >= 15 is 0 Å². The van der Waals surface area contributed by atoms with Crippen molar-refractivity contribution in [1.82, 2.24) is 4.57 Å². The highest BCUT2D eigenvalue weighted by molar-refractivity contribution is 6.19. The predicted octanol–water partition coefficient (Wildman–Crippen LogP) is 13.9. The van der Waals surface area contributed by atoms with Crippen molar-refractivity contribution in [1.29, 1.82) is 0 Å². The van der Waals surface area contributed by atoms with E-state index in [1.54, 1.807) is 0 Å². The molecule has 1 heterocycles. The Bertz CT molecular complexity index is 2790. The molecule has 0 fully saturated rings. The lowest BCUT2D eigenvalue weighted by Gasteiger charge is -2.26. The smallest absolute Gasteiger partial charge is 0.0620 e. The summed E-state index contributed by atoms with van der Waals surface area (Å²) in [6.07, 6.45) is 0. The molecule has 0 saturated carbocycles. The second-order valence-electron chi connectivity index (χ2n) is 13.4. The number of benzene rings is 9. The third kappa shape index (κ3) is 5.12. The fourth-order valence-corrected chi connectivity index (χ4v) is 7.80. The van der Waals surface area contributed by atoms with Gasteiger partial charge in [0.1, 0.15) is 0 Å². The lowest BCUT2D eigenvalue weighted by Crippen LogP contribution is -2.10. The minimum Gasteiger partial charge on any atom is -0.310 e. The average Bonchev–Trinajstić information content (AvgIpc) is 3.57. The number of hydrogen-bond donors (Lipinski definition) is 0. The Labute approximate surface area is 303 Å². The van der Waals surface area contributed by atoms with Crippen LogP contribution in [0, 0.1) is 0 Å². The number of rotatable bonds is 6. The molecule has 0 bridgehead atoms. The maximum atomic E-state index is 2.46. The number of aromatic nitrogens is 1. The number of hydrogen-bond acceptors (Lipinski definition) is 1. The monoisotopic (exact) mass is 662 g/mol. The minimum atomic E-state index is 1.11. The Hall–Kier alpha value is -6.90. The fraction of sp³-hybridized carbons (Fsp3) is 0. The number of para-hydroxylation sites is 1. The van der Waals surface area contributed by atoms with Crippen LogP contribution in [0.2, 0.25) is 0 Å². The first-order valence-electron chi connectivity index (χ1n) is 17.8. The number of nitrogens with zero attached hydrogens (tertiary/aromatic N) is 2. The molecule has 0 atom stereocenters. The molecular weight excluding hydrogens is 629 g/mol. The summed E-state index contributed by atoms with van der Waals surface area (Å²) in [7, 11) is 0. The average molecular weight is 663 g/mol. The largest absolute Gasteiger partial charge is 0.310 e. The second kappa shape index (κ2) is 12.5. The maximum Gasteiger partial charge on any atom is 0.0620 e. The van der Waals surface area contributed by atoms with E-state index in [1.807, 2.05) is 0 Å². The van der Waals surface area contributed by atoms with E-state index in [-0.39, 0.29) is 0 Å². The third-order valence-electron chi connectivity index (χ3n) is 10.4. The van der Waals surface area contributed by atoms with Gasteiger partial charge in [-0.05, 0) is 93.0 Å². The summed E-state index contributed by atoms with van der Waals surface area (Å²) in [4.78, 5) is 2.38. The van der Waals surface area contributed by atoms with E-state index in [2.05, 4.69) is 216 Å². The molecule has 0 unspecified atom stereocenters. The van der Waals surface area contributed by atoms with Crippen LogP contribution in [0.1, 0.15) is 0 Å². The van der Waals surface area contributed by atoms with Crippen molar-refractivity contribution in [2.45, 2.75) is 0 Å². The first-order chi connectivity index (χ1) is 25.8. The van der Waals surface area contributed by atoms with Crippen LogP contribution in [0.5, 0.6) is 0 Å². The highest BCUT2D eigenvalue weighted by Crippen LogP contribution is 2.42. The zero-order valence-corrected chi connectivity index (χ0v) is 28.5. The Morgan fingerprint density at radius 1 is 0.308 bits per heavy atom. The first-order valence-corrected chi connectivity index (χ1v) is 17.8. The molecule has 0 amide bonds. The van der Waals surface area contributed by atoms with Gasteiger partial charge < -0.3 is 9.47 Å². The Kier molecular flexibility index (Phi) is 7.18. The van der Waals surface area contributed by atoms with Crippen molar-refractivity contribution in [2.24, 2.45) is 0 Å². The van der Waals surface area contributed by atoms with Gasteiger partial charge in [0, 0.05) is 38.9 Å². The summed E-state index contributed by atoms with van der Waals surface area (Å²) < 4.78 is 2.46. The Morgan fingerprint density at radius 2 is 0.827 bits per heavy atom. The Balaban J connectivity index is 1.19. The van der Waals surface area contributed by atoms with Gasteiger partial charge in [0.25, 0.3) is 0 Å². The molecule has 2 heteroatoms. The van der Waals surface area contributed by atoms with Crippen LogP contribution >= 0.6 is 0 Å². The fourth-order valence-electron chi connectivity index (χ4n) is 7.80. The second-order valence-corrected chi connectivity index (χ2v) is 13.4. The van der Waals surface area contributed by atoms with E-state index in [0.717, 1.165) is 22.7 Å². The van der Waals surface area contributed by atoms with Crippen molar-refractivity contribution in [3.63, 3.8) is 0 Å². The van der Waals surface area contributed by atoms with Gasteiger partial charge in [-0.25, -0.2) is 0 Å². The minimum absolute atomic E-state index is 1.11. The highest BCUT2D eigenvalue weighted by Gasteiger charge is 2.18. The zero-order chi connectivity index (χ0) is 34.4. The lowest BCUT2D eigenvalue weighted by atomic mass is 10.0. The molecule has 52 heavy (non-hydrogen) atoms. The highest BCUT2D eigenvalue weighted by atomic mass is 15.1. The maximum absolute atomic E-state index is 2.46. The number of anilines is 3. The van der Waals surface area contributed by atoms with Crippen LogP contribution in [-0.4, -0.2) is 4.57 Å². The molecular formula is C50H34N2. The van der Waals surface area contributed by atoms with Gasteiger partial charge in [0.15, 0.2) is 0 Å². The quantitative estimate of drug-likeness (QED) is 0.172. The summed E-state index contributed by atoms with van der Waals surface area (Å²) in [6, 6.07) is 74.7. The molecule has 10 rings (SSSR count). The Morgan fingerprint density at radius 3 is 1.50 bits per heavy atom. The van der Waals surface area contributed by atoms with Crippen LogP contribution < -0.4 is 4.90 Å². The van der Waals surface area contributed by atoms with E-state index < -0.39 is 0 Å². The van der Waals surface area contributed by atoms with Crippen LogP contribution in [0.4, 0.5) is 17.1 Å². The molecule has 10 aromatic rings. The molecule has 244 valence electrons. The van der Waals surface area contributed by atoms with E-state index in [0.29, 0.717) is 0 Å². The van der Waals surface area contributed by atoms with Crippen LogP contribution in [0.25, 0.3) is 71.3 Å². The molecule has 0 aliphatic rings. The van der Waals surface area contributed by atoms with Gasteiger partial charge in [-0.3, -0.25) is 0 Å². The van der Waals surface area contributed by atoms with Gasteiger partial charge >= 0.3 is 0 Å². The topological polar surface area (TPSA) is 8.17 Å². The molecule has 0 aliphatic heterocycles. The van der Waals surface area contributed by atoms with Crippen molar-refractivity contribution in [3.8, 4) is 27.9 Å². The molecule has 0 saturated heterocycles. The normalized spacial score (nSPS) is 11.5. The van der Waals surface area contributed by atoms with Crippen molar-refractivity contribution in [3.05, 3.63) is 206 Å². The summed E-state index contributed by atoms with van der Waals surface area (Å²) in [5, 5.41) is 7.40. The molecule has 0 N–H and O–H groups in total. The molecule has 0 aliphatic carbocycles. The van der Waals surface area contributed by atoms with Crippen LogP contribution in [0.3, 0.4) is 0 Å². The van der Waals surface area contributed by atoms with E-state index in [9.17, 15) is 0 Å². The number of fused-ring (bicyclic) bond motifs is 6. The standard InChI is InChI=1S/C50H34N2/c1-3-11-35(12-4-1)38-19-26-42(27-20-38)51(43-28-21-39(22-29-43)36-13-5-2-6-14-36)45-31-24-40-25-32-47-46-17-9-10-18-49(46)52(50(47)48(40)34-45)44-30-23-37-15-7-8-16-41(37)33-44/h1-34H. The lowest BCUT2D eigenvalue weighted by molar-refractivity contribution is 1.19. The molecule has 2 nitrogen and oxygen atoms in total. The first kappa shape index (κ1) is 30.0. The van der Waals surface area contributed by atoms with E-state index in [4.69, 9.17) is 0 Å². The van der Waals surface area contributed by atoms with Crippen molar-refractivity contribution >= 4 is 60.4 Å². The van der Waals surface area contributed by atoms with Gasteiger partial charge in [0.2, 0.25) is 0 Å². The predicted molar refractivity (Wildman–Crippen MR) is 221 cm³/mol. The molecule has 1 aromatic heterocycles. The van der Waals surface area contributed by atoms with Crippen LogP contribution in [0.15, 0.2) is 206 Å². The molecule has 0 radical (unpaired) electrons. The summed E-state index contributed by atoms with van der Waals surface area (Å²) in [6.45, 7) is 0. The van der Waals surface area contributed by atoms with E-state index in [1.165, 1.54) is 65.6 Å². The van der Waals surface area contributed by atoms with Gasteiger partial charge in [0.05, 0.1) is 11.0 Å².